The largest absolute Gasteiger partial charge is 0.361 e. The molecule has 0 amide bonds. The van der Waals surface area contributed by atoms with Crippen LogP contribution in [0.1, 0.15) is 29.6 Å². The smallest absolute Gasteiger partial charge is 0.124 e. The standard InChI is InChI=1S/C39H28N2S/c1-2-10-25(11-3-1)26-18-20-27(21-19-26)32-24-37(40-33-15-7-4-12-28(32)33)41-34-16-8-5-14-31(34)38-35(41)23-22-30-29-13-6-9-17-36(29)42-39(30)38/h1-18,20-24,26,37,40H,19H2. The minimum absolute atomic E-state index is 0.0229. The molecule has 3 heteroatoms. The number of anilines is 1. The number of allylic oxidation sites excluding steroid dienone is 5. The fourth-order valence-electron chi connectivity index (χ4n) is 7.01. The van der Waals surface area contributed by atoms with Crippen LogP contribution in [0, 0.1) is 0 Å². The van der Waals surface area contributed by atoms with E-state index in [1.165, 1.54) is 69.9 Å². The number of nitrogens with zero attached hydrogens (tertiary/aromatic N) is 1. The summed E-state index contributed by atoms with van der Waals surface area (Å²) in [6.45, 7) is 0. The van der Waals surface area contributed by atoms with Crippen LogP contribution >= 0.6 is 11.3 Å². The highest BCUT2D eigenvalue weighted by molar-refractivity contribution is 7.26. The summed E-state index contributed by atoms with van der Waals surface area (Å²) in [4.78, 5) is 0. The molecule has 0 radical (unpaired) electrons. The van der Waals surface area contributed by atoms with Gasteiger partial charge in [0, 0.05) is 48.1 Å². The second kappa shape index (κ2) is 9.34. The Morgan fingerprint density at radius 1 is 0.690 bits per heavy atom. The average Bonchev–Trinajstić information content (AvgIpc) is 3.60. The topological polar surface area (TPSA) is 17.0 Å². The maximum absolute atomic E-state index is 3.90. The number of benzene rings is 5. The molecule has 3 heterocycles. The van der Waals surface area contributed by atoms with Gasteiger partial charge in [0.05, 0.1) is 11.0 Å². The Balaban J connectivity index is 1.23. The second-order valence-electron chi connectivity index (χ2n) is 11.3. The Morgan fingerprint density at radius 3 is 2.36 bits per heavy atom. The summed E-state index contributed by atoms with van der Waals surface area (Å²) >= 11 is 1.91. The molecule has 1 aliphatic heterocycles. The molecule has 0 saturated carbocycles. The van der Waals surface area contributed by atoms with Gasteiger partial charge in [-0.2, -0.15) is 0 Å². The van der Waals surface area contributed by atoms with Crippen LogP contribution in [-0.2, 0) is 0 Å². The number of hydrogen-bond donors (Lipinski definition) is 1. The fourth-order valence-corrected chi connectivity index (χ4v) is 8.27. The average molecular weight is 557 g/mol. The molecule has 0 fully saturated rings. The molecule has 2 atom stereocenters. The number of rotatable bonds is 3. The van der Waals surface area contributed by atoms with Gasteiger partial charge in [0.15, 0.2) is 0 Å². The highest BCUT2D eigenvalue weighted by Crippen LogP contribution is 2.46. The summed E-state index contributed by atoms with van der Waals surface area (Å²) in [6.07, 6.45) is 10.6. The molecular weight excluding hydrogens is 529 g/mol. The van der Waals surface area contributed by atoms with Gasteiger partial charge < -0.3 is 9.88 Å². The van der Waals surface area contributed by atoms with E-state index < -0.39 is 0 Å². The summed E-state index contributed by atoms with van der Waals surface area (Å²) in [5.74, 6) is 0.421. The van der Waals surface area contributed by atoms with Gasteiger partial charge in [0.1, 0.15) is 6.17 Å². The van der Waals surface area contributed by atoms with Gasteiger partial charge in [0.25, 0.3) is 0 Å². The molecule has 2 unspecified atom stereocenters. The Bertz CT molecular complexity index is 2260. The van der Waals surface area contributed by atoms with E-state index in [2.05, 4.69) is 149 Å². The van der Waals surface area contributed by atoms with Crippen molar-refractivity contribution in [3.05, 3.63) is 156 Å². The molecule has 2 nitrogen and oxygen atoms in total. The van der Waals surface area contributed by atoms with E-state index >= 15 is 0 Å². The monoisotopic (exact) mass is 556 g/mol. The van der Waals surface area contributed by atoms with Gasteiger partial charge >= 0.3 is 0 Å². The van der Waals surface area contributed by atoms with Crippen LogP contribution in [0.3, 0.4) is 0 Å². The summed E-state index contributed by atoms with van der Waals surface area (Å²) in [5, 5.41) is 9.24. The number of nitrogens with one attached hydrogen (secondary N) is 1. The molecule has 2 aliphatic rings. The van der Waals surface area contributed by atoms with Crippen LogP contribution in [0.4, 0.5) is 5.69 Å². The third-order valence-corrected chi connectivity index (χ3v) is 10.2. The Morgan fingerprint density at radius 2 is 1.48 bits per heavy atom. The molecule has 0 bridgehead atoms. The lowest BCUT2D eigenvalue weighted by atomic mass is 9.85. The van der Waals surface area contributed by atoms with Crippen molar-refractivity contribution in [2.24, 2.45) is 0 Å². The second-order valence-corrected chi connectivity index (χ2v) is 12.4. The van der Waals surface area contributed by atoms with Crippen LogP contribution in [0.25, 0.3) is 47.6 Å². The van der Waals surface area contributed by atoms with E-state index in [9.17, 15) is 0 Å². The van der Waals surface area contributed by atoms with Crippen molar-refractivity contribution in [3.63, 3.8) is 0 Å². The first kappa shape index (κ1) is 23.8. The maximum atomic E-state index is 3.90. The molecule has 5 aromatic carbocycles. The van der Waals surface area contributed by atoms with Gasteiger partial charge in [-0.1, -0.05) is 109 Å². The number of thiophene rings is 1. The highest BCUT2D eigenvalue weighted by Gasteiger charge is 2.26. The summed E-state index contributed by atoms with van der Waals surface area (Å²) in [6, 6.07) is 41.9. The lowest BCUT2D eigenvalue weighted by Crippen LogP contribution is -2.21. The lowest BCUT2D eigenvalue weighted by molar-refractivity contribution is 0.722. The first-order valence-corrected chi connectivity index (χ1v) is 15.5. The van der Waals surface area contributed by atoms with Crippen LogP contribution in [-0.4, -0.2) is 4.57 Å². The van der Waals surface area contributed by atoms with Gasteiger partial charge in [-0.15, -0.1) is 11.3 Å². The van der Waals surface area contributed by atoms with Crippen LogP contribution in [0.2, 0.25) is 0 Å². The third kappa shape index (κ3) is 3.57. The Hall–Kier alpha value is -4.86. The predicted octanol–water partition coefficient (Wildman–Crippen LogP) is 10.8. The predicted molar refractivity (Wildman–Crippen MR) is 180 cm³/mol. The molecule has 0 saturated heterocycles. The number of para-hydroxylation sites is 2. The molecule has 1 aliphatic carbocycles. The van der Waals surface area contributed by atoms with Crippen molar-refractivity contribution in [1.29, 1.82) is 0 Å². The number of aromatic nitrogens is 1. The zero-order valence-corrected chi connectivity index (χ0v) is 23.8. The first-order valence-electron chi connectivity index (χ1n) is 14.7. The number of hydrogen-bond acceptors (Lipinski definition) is 2. The third-order valence-electron chi connectivity index (χ3n) is 8.98. The minimum atomic E-state index is -0.0229. The van der Waals surface area contributed by atoms with Crippen molar-refractivity contribution >= 4 is 64.6 Å². The Kier molecular flexibility index (Phi) is 5.29. The van der Waals surface area contributed by atoms with E-state index in [1.54, 1.807) is 0 Å². The van der Waals surface area contributed by atoms with Crippen molar-refractivity contribution in [1.82, 2.24) is 4.57 Å². The van der Waals surface area contributed by atoms with E-state index in [-0.39, 0.29) is 6.17 Å². The van der Waals surface area contributed by atoms with Crippen molar-refractivity contribution in [3.8, 4) is 0 Å². The molecule has 0 spiro atoms. The van der Waals surface area contributed by atoms with Gasteiger partial charge in [-0.3, -0.25) is 0 Å². The normalized spacial score (nSPS) is 18.3. The van der Waals surface area contributed by atoms with Gasteiger partial charge in [-0.25, -0.2) is 0 Å². The van der Waals surface area contributed by atoms with E-state index in [0.29, 0.717) is 5.92 Å². The first-order chi connectivity index (χ1) is 20.8. The van der Waals surface area contributed by atoms with Crippen LogP contribution in [0.5, 0.6) is 0 Å². The maximum Gasteiger partial charge on any atom is 0.124 e. The molecule has 7 aromatic rings. The summed E-state index contributed by atoms with van der Waals surface area (Å²) < 4.78 is 5.21. The molecule has 2 aromatic heterocycles. The summed E-state index contributed by atoms with van der Waals surface area (Å²) in [7, 11) is 0. The lowest BCUT2D eigenvalue weighted by Gasteiger charge is -2.30. The zero-order chi connectivity index (χ0) is 27.6. The van der Waals surface area contributed by atoms with Crippen molar-refractivity contribution < 1.29 is 0 Å². The quantitative estimate of drug-likeness (QED) is 0.229. The zero-order valence-electron chi connectivity index (χ0n) is 23.0. The van der Waals surface area contributed by atoms with E-state index in [1.807, 2.05) is 11.3 Å². The molecular formula is C39H28N2S. The Labute approximate surface area is 248 Å². The molecule has 42 heavy (non-hydrogen) atoms. The minimum Gasteiger partial charge on any atom is -0.361 e. The highest BCUT2D eigenvalue weighted by atomic mass is 32.1. The van der Waals surface area contributed by atoms with Gasteiger partial charge in [0.2, 0.25) is 0 Å². The van der Waals surface area contributed by atoms with Gasteiger partial charge in [-0.05, 0) is 53.5 Å². The van der Waals surface area contributed by atoms with E-state index in [0.717, 1.165) is 6.42 Å². The van der Waals surface area contributed by atoms with Crippen molar-refractivity contribution in [2.75, 3.05) is 5.32 Å². The molecule has 1 N–H and O–H groups in total. The van der Waals surface area contributed by atoms with Crippen LogP contribution in [0.15, 0.2) is 145 Å². The number of fused-ring (bicyclic) bond motifs is 8. The molecule has 200 valence electrons. The molecule has 9 rings (SSSR count). The summed E-state index contributed by atoms with van der Waals surface area (Å²) in [5.41, 5.74) is 8.92. The van der Waals surface area contributed by atoms with E-state index in [4.69, 9.17) is 0 Å². The van der Waals surface area contributed by atoms with Crippen LogP contribution < -0.4 is 5.32 Å². The van der Waals surface area contributed by atoms with Crippen molar-refractivity contribution in [2.45, 2.75) is 18.5 Å². The SMILES string of the molecule is C1=CC(c2ccccc2)CC=C1C1=CC(n2c3ccccc3c3c4sc5ccccc5c4ccc32)Nc2ccccc21. The fraction of sp³-hybridized carbons (Fsp3) is 0.0769.